The zero-order valence-corrected chi connectivity index (χ0v) is 11.6. The lowest BCUT2D eigenvalue weighted by atomic mass is 10.1. The van der Waals surface area contributed by atoms with Gasteiger partial charge in [0.25, 0.3) is 5.91 Å². The average molecular weight is 283 g/mol. The summed E-state index contributed by atoms with van der Waals surface area (Å²) in [6.07, 6.45) is 2.25. The van der Waals surface area contributed by atoms with Crippen LogP contribution < -0.4 is 0 Å². The summed E-state index contributed by atoms with van der Waals surface area (Å²) in [4.78, 5) is 16.7. The SMILES string of the molecule is N#Cc1cc(C(=O)N(CCO)CCc2ccccc2)c[nH]1. The van der Waals surface area contributed by atoms with Gasteiger partial charge in [0.1, 0.15) is 11.8 Å². The molecule has 21 heavy (non-hydrogen) atoms. The molecule has 0 bridgehead atoms. The lowest BCUT2D eigenvalue weighted by molar-refractivity contribution is 0.0724. The van der Waals surface area contributed by atoms with Crippen LogP contribution in [0.3, 0.4) is 0 Å². The monoisotopic (exact) mass is 283 g/mol. The fourth-order valence-electron chi connectivity index (χ4n) is 2.11. The first-order valence-electron chi connectivity index (χ1n) is 6.77. The average Bonchev–Trinajstić information content (AvgIpc) is 3.01. The molecular formula is C16H17N3O2. The first-order chi connectivity index (χ1) is 10.2. The van der Waals surface area contributed by atoms with Gasteiger partial charge >= 0.3 is 0 Å². The van der Waals surface area contributed by atoms with Crippen molar-refractivity contribution in [3.05, 3.63) is 59.4 Å². The van der Waals surface area contributed by atoms with Crippen molar-refractivity contribution < 1.29 is 9.90 Å². The molecule has 2 N–H and O–H groups in total. The molecule has 0 radical (unpaired) electrons. The maximum Gasteiger partial charge on any atom is 0.255 e. The number of hydrogen-bond acceptors (Lipinski definition) is 3. The van der Waals surface area contributed by atoms with Gasteiger partial charge in [0.2, 0.25) is 0 Å². The molecule has 0 spiro atoms. The number of aromatic amines is 1. The predicted octanol–water partition coefficient (Wildman–Crippen LogP) is 1.56. The fourth-order valence-corrected chi connectivity index (χ4v) is 2.11. The summed E-state index contributed by atoms with van der Waals surface area (Å²) >= 11 is 0. The Labute approximate surface area is 123 Å². The van der Waals surface area contributed by atoms with E-state index in [1.807, 2.05) is 36.4 Å². The number of carbonyl (C=O) groups is 1. The molecule has 0 saturated heterocycles. The molecule has 108 valence electrons. The Morgan fingerprint density at radius 2 is 2.05 bits per heavy atom. The standard InChI is InChI=1S/C16H17N3O2/c17-11-15-10-14(12-18-15)16(21)19(8-9-20)7-6-13-4-2-1-3-5-13/h1-5,10,12,18,20H,6-9H2. The Balaban J connectivity index is 2.04. The van der Waals surface area contributed by atoms with Gasteiger partial charge in [-0.05, 0) is 18.1 Å². The number of benzene rings is 1. The number of hydrogen-bond donors (Lipinski definition) is 2. The second-order valence-corrected chi connectivity index (χ2v) is 4.67. The van der Waals surface area contributed by atoms with Gasteiger partial charge in [0.05, 0.1) is 12.2 Å². The van der Waals surface area contributed by atoms with Gasteiger partial charge in [0, 0.05) is 19.3 Å². The summed E-state index contributed by atoms with van der Waals surface area (Å²) in [7, 11) is 0. The summed E-state index contributed by atoms with van der Waals surface area (Å²) in [6, 6.07) is 13.4. The summed E-state index contributed by atoms with van der Waals surface area (Å²) in [6.45, 7) is 0.714. The Kier molecular flexibility index (Phi) is 5.13. The summed E-state index contributed by atoms with van der Waals surface area (Å²) in [5.74, 6) is -0.183. The molecule has 1 aromatic carbocycles. The van der Waals surface area contributed by atoms with Crippen LogP contribution in [0.2, 0.25) is 0 Å². The minimum absolute atomic E-state index is 0.0872. The number of aliphatic hydroxyl groups excluding tert-OH is 1. The molecule has 0 unspecified atom stereocenters. The smallest absolute Gasteiger partial charge is 0.255 e. The molecule has 1 aromatic heterocycles. The van der Waals surface area contributed by atoms with Crippen LogP contribution in [0.1, 0.15) is 21.6 Å². The molecular weight excluding hydrogens is 266 g/mol. The maximum atomic E-state index is 12.4. The molecule has 0 atom stereocenters. The molecule has 5 nitrogen and oxygen atoms in total. The molecule has 2 rings (SSSR count). The van der Waals surface area contributed by atoms with Crippen molar-refractivity contribution in [1.29, 1.82) is 5.26 Å². The van der Waals surface area contributed by atoms with Crippen LogP contribution in [-0.4, -0.2) is 40.6 Å². The van der Waals surface area contributed by atoms with Crippen molar-refractivity contribution in [2.75, 3.05) is 19.7 Å². The normalized spacial score (nSPS) is 10.1. The van der Waals surface area contributed by atoms with E-state index in [-0.39, 0.29) is 19.1 Å². The van der Waals surface area contributed by atoms with E-state index in [1.165, 1.54) is 12.3 Å². The van der Waals surface area contributed by atoms with Crippen LogP contribution in [-0.2, 0) is 6.42 Å². The van der Waals surface area contributed by atoms with E-state index < -0.39 is 0 Å². The van der Waals surface area contributed by atoms with Gasteiger partial charge < -0.3 is 15.0 Å². The van der Waals surface area contributed by atoms with E-state index in [4.69, 9.17) is 10.4 Å². The Morgan fingerprint density at radius 3 is 2.67 bits per heavy atom. The van der Waals surface area contributed by atoms with Crippen LogP contribution in [0.25, 0.3) is 0 Å². The van der Waals surface area contributed by atoms with Crippen molar-refractivity contribution in [2.45, 2.75) is 6.42 Å². The highest BCUT2D eigenvalue weighted by Crippen LogP contribution is 2.09. The summed E-state index contributed by atoms with van der Waals surface area (Å²) in [5, 5.41) is 17.9. The number of H-pyrrole nitrogens is 1. The summed E-state index contributed by atoms with van der Waals surface area (Å²) < 4.78 is 0. The third kappa shape index (κ3) is 3.94. The van der Waals surface area contributed by atoms with E-state index in [9.17, 15) is 4.79 Å². The molecule has 1 amide bonds. The molecule has 1 heterocycles. The second kappa shape index (κ2) is 7.27. The first-order valence-corrected chi connectivity index (χ1v) is 6.77. The molecule has 0 aliphatic rings. The zero-order valence-electron chi connectivity index (χ0n) is 11.6. The Bertz CT molecular complexity index is 628. The third-order valence-electron chi connectivity index (χ3n) is 3.22. The molecule has 0 fully saturated rings. The van der Waals surface area contributed by atoms with E-state index in [1.54, 1.807) is 4.90 Å². The predicted molar refractivity (Wildman–Crippen MR) is 78.6 cm³/mol. The van der Waals surface area contributed by atoms with Crippen molar-refractivity contribution in [3.8, 4) is 6.07 Å². The third-order valence-corrected chi connectivity index (χ3v) is 3.22. The Morgan fingerprint density at radius 1 is 1.29 bits per heavy atom. The largest absolute Gasteiger partial charge is 0.395 e. The van der Waals surface area contributed by atoms with Gasteiger partial charge in [-0.2, -0.15) is 5.26 Å². The van der Waals surface area contributed by atoms with Gasteiger partial charge in [-0.25, -0.2) is 0 Å². The topological polar surface area (TPSA) is 80.1 Å². The van der Waals surface area contributed by atoms with Crippen molar-refractivity contribution in [3.63, 3.8) is 0 Å². The molecule has 0 saturated carbocycles. The number of nitrogens with one attached hydrogen (secondary N) is 1. The fraction of sp³-hybridized carbons (Fsp3) is 0.250. The highest BCUT2D eigenvalue weighted by molar-refractivity contribution is 5.94. The second-order valence-electron chi connectivity index (χ2n) is 4.67. The van der Waals surface area contributed by atoms with E-state index in [0.29, 0.717) is 17.8 Å². The number of aromatic nitrogens is 1. The zero-order chi connectivity index (χ0) is 15.1. The number of nitriles is 1. The molecule has 0 aliphatic carbocycles. The quantitative estimate of drug-likeness (QED) is 0.844. The number of rotatable bonds is 6. The van der Waals surface area contributed by atoms with Crippen molar-refractivity contribution >= 4 is 5.91 Å². The van der Waals surface area contributed by atoms with Crippen LogP contribution in [0.15, 0.2) is 42.6 Å². The first kappa shape index (κ1) is 14.8. The molecule has 2 aromatic rings. The maximum absolute atomic E-state index is 12.4. The van der Waals surface area contributed by atoms with Crippen molar-refractivity contribution in [1.82, 2.24) is 9.88 Å². The summed E-state index contributed by atoms with van der Waals surface area (Å²) in [5.41, 5.74) is 1.93. The molecule has 5 heteroatoms. The van der Waals surface area contributed by atoms with Gasteiger partial charge in [-0.3, -0.25) is 4.79 Å². The minimum atomic E-state index is -0.183. The Hall–Kier alpha value is -2.58. The lowest BCUT2D eigenvalue weighted by Gasteiger charge is -2.21. The lowest BCUT2D eigenvalue weighted by Crippen LogP contribution is -2.35. The van der Waals surface area contributed by atoms with Crippen LogP contribution >= 0.6 is 0 Å². The van der Waals surface area contributed by atoms with E-state index in [2.05, 4.69) is 4.98 Å². The highest BCUT2D eigenvalue weighted by atomic mass is 16.3. The van der Waals surface area contributed by atoms with Crippen LogP contribution in [0.4, 0.5) is 0 Å². The van der Waals surface area contributed by atoms with Crippen molar-refractivity contribution in [2.24, 2.45) is 0 Å². The van der Waals surface area contributed by atoms with Gasteiger partial charge in [0.15, 0.2) is 0 Å². The van der Waals surface area contributed by atoms with Gasteiger partial charge in [-0.15, -0.1) is 0 Å². The molecule has 0 aliphatic heterocycles. The minimum Gasteiger partial charge on any atom is -0.395 e. The van der Waals surface area contributed by atoms with Crippen LogP contribution in [0.5, 0.6) is 0 Å². The number of aliphatic hydroxyl groups is 1. The van der Waals surface area contributed by atoms with Crippen LogP contribution in [0, 0.1) is 11.3 Å². The van der Waals surface area contributed by atoms with Gasteiger partial charge in [-0.1, -0.05) is 30.3 Å². The highest BCUT2D eigenvalue weighted by Gasteiger charge is 2.16. The number of amides is 1. The number of nitrogens with zero attached hydrogens (tertiary/aromatic N) is 2. The number of carbonyl (C=O) groups excluding carboxylic acids is 1. The van der Waals surface area contributed by atoms with E-state index >= 15 is 0 Å². The van der Waals surface area contributed by atoms with E-state index in [0.717, 1.165) is 12.0 Å².